The highest BCUT2D eigenvalue weighted by atomic mass is 16.5. The maximum Gasteiger partial charge on any atom is 0.247 e. The van der Waals surface area contributed by atoms with Crippen molar-refractivity contribution in [3.05, 3.63) is 42.0 Å². The van der Waals surface area contributed by atoms with Gasteiger partial charge in [-0.1, -0.05) is 70.2 Å². The SMILES string of the molecule is CC(C)C[C@@H](C(=O)NN(CC(C)C)C(=O)C1CCC(N)CC1)[C@H](CC=Cc1ccccc1)C(=O)NO. The van der Waals surface area contributed by atoms with E-state index in [1.165, 1.54) is 5.01 Å². The van der Waals surface area contributed by atoms with E-state index >= 15 is 0 Å². The number of hydrazine groups is 1. The maximum absolute atomic E-state index is 13.6. The van der Waals surface area contributed by atoms with Gasteiger partial charge in [-0.25, -0.2) is 5.48 Å². The lowest BCUT2D eigenvalue weighted by Crippen LogP contribution is -2.54. The molecular weight excluding hydrogens is 456 g/mol. The van der Waals surface area contributed by atoms with Gasteiger partial charge in [-0.2, -0.15) is 0 Å². The monoisotopic (exact) mass is 500 g/mol. The van der Waals surface area contributed by atoms with Crippen LogP contribution in [0.5, 0.6) is 0 Å². The highest BCUT2D eigenvalue weighted by Crippen LogP contribution is 2.27. The molecule has 2 rings (SSSR count). The first-order valence-corrected chi connectivity index (χ1v) is 13.1. The predicted octanol–water partition coefficient (Wildman–Crippen LogP) is 3.91. The Hall–Kier alpha value is -2.71. The molecule has 0 saturated heterocycles. The summed E-state index contributed by atoms with van der Waals surface area (Å²) in [6, 6.07) is 9.79. The molecule has 0 aromatic heterocycles. The minimum atomic E-state index is -0.791. The number of amides is 3. The molecule has 0 aliphatic heterocycles. The first-order chi connectivity index (χ1) is 17.1. The summed E-state index contributed by atoms with van der Waals surface area (Å²) in [5.41, 5.74) is 11.6. The second-order valence-electron chi connectivity index (χ2n) is 10.8. The lowest BCUT2D eigenvalue weighted by molar-refractivity contribution is -0.150. The lowest BCUT2D eigenvalue weighted by Gasteiger charge is -2.34. The average Bonchev–Trinajstić information content (AvgIpc) is 2.85. The van der Waals surface area contributed by atoms with Crippen molar-refractivity contribution in [2.24, 2.45) is 35.3 Å². The van der Waals surface area contributed by atoms with Gasteiger partial charge in [-0.05, 0) is 55.9 Å². The third-order valence-corrected chi connectivity index (χ3v) is 6.67. The molecule has 0 heterocycles. The summed E-state index contributed by atoms with van der Waals surface area (Å²) in [5, 5.41) is 10.9. The standard InChI is InChI=1S/C28H44N4O4/c1-19(2)17-25(24(27(34)31-36)12-8-11-21-9-6-5-7-10-21)26(33)30-32(18-20(3)4)28(35)22-13-15-23(29)16-14-22/h5-11,19-20,22-25,36H,12-18,29H2,1-4H3,(H,30,33)(H,31,34)/t22?,23?,24-,25+/m0/s1. The van der Waals surface area contributed by atoms with Crippen LogP contribution >= 0.6 is 0 Å². The molecule has 1 saturated carbocycles. The summed E-state index contributed by atoms with van der Waals surface area (Å²) in [5.74, 6) is -2.50. The lowest BCUT2D eigenvalue weighted by atomic mass is 9.82. The smallest absolute Gasteiger partial charge is 0.247 e. The molecule has 200 valence electrons. The number of nitrogens with two attached hydrogens (primary N) is 1. The van der Waals surface area contributed by atoms with Crippen LogP contribution in [0.25, 0.3) is 6.08 Å². The number of hydroxylamine groups is 1. The molecule has 8 nitrogen and oxygen atoms in total. The molecule has 1 aliphatic carbocycles. The number of benzene rings is 1. The zero-order chi connectivity index (χ0) is 26.7. The van der Waals surface area contributed by atoms with Crippen LogP contribution in [0.1, 0.15) is 71.8 Å². The second-order valence-corrected chi connectivity index (χ2v) is 10.8. The number of allylic oxidation sites excluding steroid dienone is 1. The van der Waals surface area contributed by atoms with Gasteiger partial charge < -0.3 is 5.73 Å². The van der Waals surface area contributed by atoms with Crippen molar-refractivity contribution in [1.82, 2.24) is 15.9 Å². The zero-order valence-electron chi connectivity index (χ0n) is 22.2. The second kappa shape index (κ2) is 14.8. The Labute approximate surface area is 215 Å². The van der Waals surface area contributed by atoms with Crippen molar-refractivity contribution in [2.45, 2.75) is 72.3 Å². The highest BCUT2D eigenvalue weighted by Gasteiger charge is 2.36. The Morgan fingerprint density at radius 1 is 1.00 bits per heavy atom. The molecule has 5 N–H and O–H groups in total. The first-order valence-electron chi connectivity index (χ1n) is 13.1. The number of rotatable bonds is 11. The quantitative estimate of drug-likeness (QED) is 0.271. The maximum atomic E-state index is 13.6. The van der Waals surface area contributed by atoms with Crippen LogP contribution < -0.4 is 16.6 Å². The van der Waals surface area contributed by atoms with Crippen LogP contribution in [0.4, 0.5) is 0 Å². The molecule has 0 radical (unpaired) electrons. The van der Waals surface area contributed by atoms with Crippen LogP contribution in [0.3, 0.4) is 0 Å². The number of hydrogen-bond donors (Lipinski definition) is 4. The van der Waals surface area contributed by atoms with Crippen molar-refractivity contribution in [2.75, 3.05) is 6.54 Å². The number of nitrogens with zero attached hydrogens (tertiary/aromatic N) is 1. The Bertz CT molecular complexity index is 864. The molecular formula is C28H44N4O4. The number of carbonyl (C=O) groups is 3. The molecule has 1 aromatic carbocycles. The predicted molar refractivity (Wildman–Crippen MR) is 141 cm³/mol. The summed E-state index contributed by atoms with van der Waals surface area (Å²) in [6.45, 7) is 8.33. The number of nitrogens with one attached hydrogen (secondary N) is 2. The summed E-state index contributed by atoms with van der Waals surface area (Å²) in [4.78, 5) is 39.6. The van der Waals surface area contributed by atoms with Crippen LogP contribution in [0.15, 0.2) is 36.4 Å². The van der Waals surface area contributed by atoms with Crippen molar-refractivity contribution in [3.8, 4) is 0 Å². The molecule has 0 unspecified atom stereocenters. The van der Waals surface area contributed by atoms with Crippen LogP contribution in [-0.2, 0) is 14.4 Å². The number of carbonyl (C=O) groups excluding carboxylic acids is 3. The summed E-state index contributed by atoms with van der Waals surface area (Å²) in [6.07, 6.45) is 7.45. The zero-order valence-corrected chi connectivity index (χ0v) is 22.2. The van der Waals surface area contributed by atoms with E-state index in [1.807, 2.05) is 70.2 Å². The van der Waals surface area contributed by atoms with Crippen molar-refractivity contribution >= 4 is 23.8 Å². The molecule has 1 fully saturated rings. The van der Waals surface area contributed by atoms with Crippen molar-refractivity contribution < 1.29 is 19.6 Å². The Morgan fingerprint density at radius 3 is 2.19 bits per heavy atom. The average molecular weight is 501 g/mol. The van der Waals surface area contributed by atoms with Gasteiger partial charge in [0, 0.05) is 18.5 Å². The largest absolute Gasteiger partial charge is 0.328 e. The van der Waals surface area contributed by atoms with Crippen LogP contribution in [0.2, 0.25) is 0 Å². The third kappa shape index (κ3) is 9.39. The van der Waals surface area contributed by atoms with Crippen LogP contribution in [0, 0.1) is 29.6 Å². The molecule has 2 atom stereocenters. The fourth-order valence-electron chi connectivity index (χ4n) is 4.77. The minimum Gasteiger partial charge on any atom is -0.328 e. The van der Waals surface area contributed by atoms with Gasteiger partial charge in [0.25, 0.3) is 0 Å². The molecule has 3 amide bonds. The van der Waals surface area contributed by atoms with Crippen molar-refractivity contribution in [3.63, 3.8) is 0 Å². The normalized spacial score (nSPS) is 19.8. The van der Waals surface area contributed by atoms with Gasteiger partial charge in [-0.3, -0.25) is 30.0 Å². The number of hydrogen-bond acceptors (Lipinski definition) is 5. The van der Waals surface area contributed by atoms with Gasteiger partial charge in [0.15, 0.2) is 0 Å². The van der Waals surface area contributed by atoms with E-state index in [0.29, 0.717) is 25.8 Å². The van der Waals surface area contributed by atoms with E-state index < -0.39 is 17.7 Å². The Balaban J connectivity index is 2.23. The summed E-state index contributed by atoms with van der Waals surface area (Å²) < 4.78 is 0. The third-order valence-electron chi connectivity index (χ3n) is 6.67. The molecule has 8 heteroatoms. The molecule has 1 aromatic rings. The topological polar surface area (TPSA) is 125 Å². The molecule has 0 bridgehead atoms. The van der Waals surface area contributed by atoms with Gasteiger partial charge in [-0.15, -0.1) is 0 Å². The van der Waals surface area contributed by atoms with E-state index in [1.54, 1.807) is 5.48 Å². The van der Waals surface area contributed by atoms with Crippen molar-refractivity contribution in [1.29, 1.82) is 0 Å². The van der Waals surface area contributed by atoms with Gasteiger partial charge in [0.2, 0.25) is 17.7 Å². The van der Waals surface area contributed by atoms with E-state index in [-0.39, 0.29) is 42.0 Å². The first kappa shape index (κ1) is 29.5. The van der Waals surface area contributed by atoms with Crippen LogP contribution in [-0.4, -0.2) is 40.5 Å². The molecule has 0 spiro atoms. The van der Waals surface area contributed by atoms with E-state index in [9.17, 15) is 19.6 Å². The molecule has 36 heavy (non-hydrogen) atoms. The van der Waals surface area contributed by atoms with Gasteiger partial charge in [0.05, 0.1) is 11.8 Å². The Morgan fingerprint density at radius 2 is 1.64 bits per heavy atom. The van der Waals surface area contributed by atoms with Gasteiger partial charge in [0.1, 0.15) is 0 Å². The Kier molecular flexibility index (Phi) is 12.1. The van der Waals surface area contributed by atoms with E-state index in [2.05, 4.69) is 5.43 Å². The van der Waals surface area contributed by atoms with E-state index in [0.717, 1.165) is 18.4 Å². The molecule has 1 aliphatic rings. The highest BCUT2D eigenvalue weighted by molar-refractivity contribution is 5.89. The summed E-state index contributed by atoms with van der Waals surface area (Å²) in [7, 11) is 0. The fourth-order valence-corrected chi connectivity index (χ4v) is 4.77. The van der Waals surface area contributed by atoms with E-state index in [4.69, 9.17) is 5.73 Å². The fraction of sp³-hybridized carbons (Fsp3) is 0.607. The van der Waals surface area contributed by atoms with Gasteiger partial charge >= 0.3 is 0 Å². The summed E-state index contributed by atoms with van der Waals surface area (Å²) >= 11 is 0. The minimum absolute atomic E-state index is 0.0978.